The zero-order valence-corrected chi connectivity index (χ0v) is 8.87. The zero-order chi connectivity index (χ0) is 10.4. The third-order valence-electron chi connectivity index (χ3n) is 2.62. The van der Waals surface area contributed by atoms with Crippen LogP contribution in [0.5, 0.6) is 0 Å². The minimum atomic E-state index is -0.408. The molecular formula is C11H20O3. The smallest absolute Gasteiger partial charge is 0.306 e. The van der Waals surface area contributed by atoms with E-state index in [1.54, 1.807) is 6.92 Å². The van der Waals surface area contributed by atoms with Gasteiger partial charge in [0.2, 0.25) is 0 Å². The molecule has 0 aromatic carbocycles. The Morgan fingerprint density at radius 1 is 1.43 bits per heavy atom. The minimum absolute atomic E-state index is 0.144. The number of rotatable bonds is 4. The average Bonchev–Trinajstić information content (AvgIpc) is 2.16. The molecule has 0 aromatic rings. The zero-order valence-electron chi connectivity index (χ0n) is 8.87. The van der Waals surface area contributed by atoms with Crippen molar-refractivity contribution in [3.63, 3.8) is 0 Å². The first-order valence-corrected chi connectivity index (χ1v) is 5.56. The number of carbonyl (C=O) groups is 1. The van der Waals surface area contributed by atoms with Crippen LogP contribution < -0.4 is 0 Å². The van der Waals surface area contributed by atoms with E-state index in [0.717, 1.165) is 12.8 Å². The van der Waals surface area contributed by atoms with Crippen LogP contribution in [-0.4, -0.2) is 23.3 Å². The van der Waals surface area contributed by atoms with Gasteiger partial charge in [0.25, 0.3) is 0 Å². The number of hydrogen-bond acceptors (Lipinski definition) is 3. The Morgan fingerprint density at radius 3 is 2.64 bits per heavy atom. The fourth-order valence-corrected chi connectivity index (χ4v) is 1.75. The quantitative estimate of drug-likeness (QED) is 0.706. The topological polar surface area (TPSA) is 46.5 Å². The van der Waals surface area contributed by atoms with Crippen molar-refractivity contribution in [1.29, 1.82) is 0 Å². The maximum absolute atomic E-state index is 11.3. The number of carbonyl (C=O) groups excluding carboxylic acids is 1. The molecule has 0 saturated heterocycles. The molecule has 1 aliphatic carbocycles. The molecule has 0 bridgehead atoms. The Kier molecular flexibility index (Phi) is 4.94. The van der Waals surface area contributed by atoms with E-state index < -0.39 is 6.10 Å². The Hall–Kier alpha value is -0.570. The maximum atomic E-state index is 11.3. The molecule has 0 spiro atoms. The highest BCUT2D eigenvalue weighted by Gasteiger charge is 2.17. The minimum Gasteiger partial charge on any atom is -0.462 e. The van der Waals surface area contributed by atoms with Gasteiger partial charge in [-0.2, -0.15) is 0 Å². The lowest BCUT2D eigenvalue weighted by atomic mass is 9.98. The summed E-state index contributed by atoms with van der Waals surface area (Å²) >= 11 is 0. The van der Waals surface area contributed by atoms with E-state index in [4.69, 9.17) is 9.84 Å². The van der Waals surface area contributed by atoms with Crippen molar-refractivity contribution >= 4 is 5.97 Å². The summed E-state index contributed by atoms with van der Waals surface area (Å²) in [7, 11) is 0. The van der Waals surface area contributed by atoms with Crippen LogP contribution >= 0.6 is 0 Å². The van der Waals surface area contributed by atoms with Crippen molar-refractivity contribution in [2.24, 2.45) is 0 Å². The summed E-state index contributed by atoms with van der Waals surface area (Å²) in [5.74, 6) is -0.155. The molecule has 0 amide bonds. The first-order chi connectivity index (χ1) is 6.68. The normalized spacial score (nSPS) is 20.4. The second-order valence-electron chi connectivity index (χ2n) is 4.14. The lowest BCUT2D eigenvalue weighted by Crippen LogP contribution is -2.21. The van der Waals surface area contributed by atoms with Crippen molar-refractivity contribution in [3.8, 4) is 0 Å². The molecule has 0 radical (unpaired) electrons. The van der Waals surface area contributed by atoms with Crippen LogP contribution in [0, 0.1) is 0 Å². The second kappa shape index (κ2) is 6.02. The van der Waals surface area contributed by atoms with Gasteiger partial charge in [-0.15, -0.1) is 0 Å². The Balaban J connectivity index is 2.12. The summed E-state index contributed by atoms with van der Waals surface area (Å²) in [6, 6.07) is 0. The molecule has 0 heterocycles. The molecule has 82 valence electrons. The SMILES string of the molecule is C[C@@H](O)CCC(=O)OC1CCCCC1. The third-order valence-corrected chi connectivity index (χ3v) is 2.62. The van der Waals surface area contributed by atoms with Crippen LogP contribution in [-0.2, 0) is 9.53 Å². The van der Waals surface area contributed by atoms with Gasteiger partial charge >= 0.3 is 5.97 Å². The molecule has 1 saturated carbocycles. The Bertz CT molecular complexity index is 171. The van der Waals surface area contributed by atoms with Gasteiger partial charge in [-0.1, -0.05) is 6.42 Å². The number of hydrogen-bond donors (Lipinski definition) is 1. The second-order valence-corrected chi connectivity index (χ2v) is 4.14. The van der Waals surface area contributed by atoms with E-state index in [1.165, 1.54) is 19.3 Å². The van der Waals surface area contributed by atoms with E-state index in [9.17, 15) is 4.79 Å². The Labute approximate surface area is 85.5 Å². The predicted octanol–water partition coefficient (Wildman–Crippen LogP) is 2.02. The fourth-order valence-electron chi connectivity index (χ4n) is 1.75. The predicted molar refractivity (Wildman–Crippen MR) is 53.9 cm³/mol. The van der Waals surface area contributed by atoms with Gasteiger partial charge in [0.05, 0.1) is 6.10 Å². The molecule has 0 unspecified atom stereocenters. The molecule has 1 aliphatic rings. The summed E-state index contributed by atoms with van der Waals surface area (Å²) in [6.07, 6.45) is 6.23. The van der Waals surface area contributed by atoms with Crippen LogP contribution in [0.3, 0.4) is 0 Å². The van der Waals surface area contributed by atoms with Crippen LogP contribution in [0.4, 0.5) is 0 Å². The first kappa shape index (κ1) is 11.5. The standard InChI is InChI=1S/C11H20O3/c1-9(12)7-8-11(13)14-10-5-3-2-4-6-10/h9-10,12H,2-8H2,1H3/t9-/m1/s1. The molecule has 1 N–H and O–H groups in total. The fraction of sp³-hybridized carbons (Fsp3) is 0.909. The number of aliphatic hydroxyl groups is 1. The molecule has 0 aliphatic heterocycles. The van der Waals surface area contributed by atoms with Crippen molar-refractivity contribution in [2.75, 3.05) is 0 Å². The summed E-state index contributed by atoms with van der Waals surface area (Å²) in [4.78, 5) is 11.3. The lowest BCUT2D eigenvalue weighted by molar-refractivity contribution is -0.151. The molecular weight excluding hydrogens is 180 g/mol. The Morgan fingerprint density at radius 2 is 2.07 bits per heavy atom. The highest BCUT2D eigenvalue weighted by molar-refractivity contribution is 5.69. The third kappa shape index (κ3) is 4.61. The van der Waals surface area contributed by atoms with Crippen molar-refractivity contribution in [1.82, 2.24) is 0 Å². The summed E-state index contributed by atoms with van der Waals surface area (Å²) in [5, 5.41) is 9.00. The monoisotopic (exact) mass is 200 g/mol. The molecule has 1 fully saturated rings. The van der Waals surface area contributed by atoms with Crippen LogP contribution in [0.2, 0.25) is 0 Å². The highest BCUT2D eigenvalue weighted by atomic mass is 16.5. The largest absolute Gasteiger partial charge is 0.462 e. The van der Waals surface area contributed by atoms with E-state index in [0.29, 0.717) is 12.8 Å². The molecule has 0 aromatic heterocycles. The van der Waals surface area contributed by atoms with Crippen LogP contribution in [0.15, 0.2) is 0 Å². The van der Waals surface area contributed by atoms with Crippen LogP contribution in [0.25, 0.3) is 0 Å². The van der Waals surface area contributed by atoms with E-state index in [-0.39, 0.29) is 12.1 Å². The van der Waals surface area contributed by atoms with Gasteiger partial charge in [0, 0.05) is 6.42 Å². The summed E-state index contributed by atoms with van der Waals surface area (Å²) < 4.78 is 5.29. The molecule has 14 heavy (non-hydrogen) atoms. The highest BCUT2D eigenvalue weighted by Crippen LogP contribution is 2.20. The molecule has 1 atom stereocenters. The van der Waals surface area contributed by atoms with E-state index in [2.05, 4.69) is 0 Å². The van der Waals surface area contributed by atoms with Gasteiger partial charge in [-0.3, -0.25) is 4.79 Å². The summed E-state index contributed by atoms with van der Waals surface area (Å²) in [6.45, 7) is 1.69. The van der Waals surface area contributed by atoms with Gasteiger partial charge in [0.15, 0.2) is 0 Å². The van der Waals surface area contributed by atoms with Gasteiger partial charge in [0.1, 0.15) is 6.10 Å². The molecule has 3 heteroatoms. The maximum Gasteiger partial charge on any atom is 0.306 e. The van der Waals surface area contributed by atoms with Crippen LogP contribution in [0.1, 0.15) is 51.9 Å². The summed E-state index contributed by atoms with van der Waals surface area (Å²) in [5.41, 5.74) is 0. The number of aliphatic hydroxyl groups excluding tert-OH is 1. The van der Waals surface area contributed by atoms with Crippen molar-refractivity contribution in [3.05, 3.63) is 0 Å². The molecule has 3 nitrogen and oxygen atoms in total. The van der Waals surface area contributed by atoms with Crippen molar-refractivity contribution < 1.29 is 14.6 Å². The van der Waals surface area contributed by atoms with E-state index in [1.807, 2.05) is 0 Å². The number of ether oxygens (including phenoxy) is 1. The molecule has 1 rings (SSSR count). The average molecular weight is 200 g/mol. The number of esters is 1. The van der Waals surface area contributed by atoms with Gasteiger partial charge in [-0.25, -0.2) is 0 Å². The van der Waals surface area contributed by atoms with E-state index >= 15 is 0 Å². The lowest BCUT2D eigenvalue weighted by Gasteiger charge is -2.21. The van der Waals surface area contributed by atoms with Gasteiger partial charge in [-0.05, 0) is 39.0 Å². The first-order valence-electron chi connectivity index (χ1n) is 5.56. The van der Waals surface area contributed by atoms with Crippen molar-refractivity contribution in [2.45, 2.75) is 64.1 Å². The van der Waals surface area contributed by atoms with Gasteiger partial charge < -0.3 is 9.84 Å².